The number of aromatic nitrogens is 2. The van der Waals surface area contributed by atoms with Crippen molar-refractivity contribution in [3.05, 3.63) is 18.3 Å². The van der Waals surface area contributed by atoms with Gasteiger partial charge in [-0.15, -0.1) is 0 Å². The van der Waals surface area contributed by atoms with E-state index in [1.807, 2.05) is 13.8 Å². The van der Waals surface area contributed by atoms with Crippen LogP contribution in [0.3, 0.4) is 0 Å². The number of phenolic OH excluding ortho intramolecular Hbond substituents is 1. The molecule has 0 saturated heterocycles. The Morgan fingerprint density at radius 3 is 2.87 bits per heavy atom. The number of hydrogen-bond donors (Lipinski definition) is 3. The van der Waals surface area contributed by atoms with Crippen LogP contribution >= 0.6 is 0 Å². The molecule has 1 aromatic carbocycles. The Labute approximate surface area is 87.5 Å². The van der Waals surface area contributed by atoms with Crippen LogP contribution in [0.2, 0.25) is 0 Å². The van der Waals surface area contributed by atoms with Gasteiger partial charge in [0, 0.05) is 6.04 Å². The first-order valence-corrected chi connectivity index (χ1v) is 4.81. The SMILES string of the molecule is CC(C)Nn1ncc2c(O)ccc(N)c21. The summed E-state index contributed by atoms with van der Waals surface area (Å²) >= 11 is 0. The average molecular weight is 206 g/mol. The number of hydrogen-bond acceptors (Lipinski definition) is 4. The molecule has 1 aromatic heterocycles. The number of aromatic hydroxyl groups is 1. The standard InChI is InChI=1S/C10H14N4O/c1-6(2)13-14-10-7(5-12-14)9(15)4-3-8(10)11/h3-6,13,15H,11H2,1-2H3. The van der Waals surface area contributed by atoms with Gasteiger partial charge in [0.25, 0.3) is 0 Å². The van der Waals surface area contributed by atoms with Gasteiger partial charge in [-0.05, 0) is 26.0 Å². The summed E-state index contributed by atoms with van der Waals surface area (Å²) in [5.41, 5.74) is 10.2. The first kappa shape index (κ1) is 9.64. The third-order valence-corrected chi connectivity index (χ3v) is 2.12. The first-order chi connectivity index (χ1) is 7.09. The number of nitrogens with zero attached hydrogens (tertiary/aromatic N) is 2. The van der Waals surface area contributed by atoms with Gasteiger partial charge in [-0.1, -0.05) is 0 Å². The molecule has 2 rings (SSSR count). The number of rotatable bonds is 2. The number of nitrogens with one attached hydrogen (secondary N) is 1. The molecular weight excluding hydrogens is 192 g/mol. The van der Waals surface area contributed by atoms with Gasteiger partial charge in [0.05, 0.1) is 17.3 Å². The summed E-state index contributed by atoms with van der Waals surface area (Å²) in [6.45, 7) is 4.01. The fraction of sp³-hybridized carbons (Fsp3) is 0.300. The zero-order valence-corrected chi connectivity index (χ0v) is 8.73. The van der Waals surface area contributed by atoms with E-state index in [2.05, 4.69) is 10.5 Å². The maximum absolute atomic E-state index is 9.61. The van der Waals surface area contributed by atoms with E-state index in [0.717, 1.165) is 0 Å². The molecule has 0 bridgehead atoms. The van der Waals surface area contributed by atoms with Crippen molar-refractivity contribution in [2.75, 3.05) is 11.2 Å². The van der Waals surface area contributed by atoms with Gasteiger partial charge in [-0.3, -0.25) is 0 Å². The molecular formula is C10H14N4O. The Hall–Kier alpha value is -1.91. The van der Waals surface area contributed by atoms with Crippen LogP contribution in [-0.2, 0) is 0 Å². The van der Waals surface area contributed by atoms with Crippen LogP contribution in [0, 0.1) is 0 Å². The van der Waals surface area contributed by atoms with Gasteiger partial charge in [-0.25, -0.2) is 0 Å². The lowest BCUT2D eigenvalue weighted by atomic mass is 10.2. The van der Waals surface area contributed by atoms with Crippen molar-refractivity contribution >= 4 is 16.6 Å². The molecule has 15 heavy (non-hydrogen) atoms. The third kappa shape index (κ3) is 1.56. The number of benzene rings is 1. The van der Waals surface area contributed by atoms with Gasteiger partial charge < -0.3 is 16.3 Å². The van der Waals surface area contributed by atoms with Crippen LogP contribution in [0.25, 0.3) is 10.9 Å². The van der Waals surface area contributed by atoms with E-state index in [9.17, 15) is 5.11 Å². The molecule has 0 aliphatic heterocycles. The van der Waals surface area contributed by atoms with Crippen molar-refractivity contribution in [3.8, 4) is 5.75 Å². The molecule has 0 aliphatic rings. The van der Waals surface area contributed by atoms with Crippen molar-refractivity contribution in [2.45, 2.75) is 19.9 Å². The molecule has 0 radical (unpaired) electrons. The number of nitrogen functional groups attached to an aromatic ring is 1. The number of phenols is 1. The average Bonchev–Trinajstić information content (AvgIpc) is 2.56. The molecule has 5 heteroatoms. The smallest absolute Gasteiger partial charge is 0.126 e. The topological polar surface area (TPSA) is 76.1 Å². The Morgan fingerprint density at radius 1 is 1.47 bits per heavy atom. The van der Waals surface area contributed by atoms with Crippen LogP contribution in [0.15, 0.2) is 18.3 Å². The minimum absolute atomic E-state index is 0.191. The zero-order valence-electron chi connectivity index (χ0n) is 8.73. The fourth-order valence-electron chi connectivity index (χ4n) is 1.49. The molecule has 0 amide bonds. The van der Waals surface area contributed by atoms with Crippen molar-refractivity contribution in [3.63, 3.8) is 0 Å². The summed E-state index contributed by atoms with van der Waals surface area (Å²) in [7, 11) is 0. The molecule has 1 heterocycles. The number of anilines is 1. The van der Waals surface area contributed by atoms with E-state index in [4.69, 9.17) is 5.73 Å². The van der Waals surface area contributed by atoms with Crippen molar-refractivity contribution in [1.82, 2.24) is 9.89 Å². The lowest BCUT2D eigenvalue weighted by Gasteiger charge is -2.11. The Bertz CT molecular complexity index is 489. The first-order valence-electron chi connectivity index (χ1n) is 4.81. The molecule has 2 aromatic rings. The maximum Gasteiger partial charge on any atom is 0.126 e. The molecule has 0 aliphatic carbocycles. The molecule has 0 fully saturated rings. The van der Waals surface area contributed by atoms with E-state index in [1.54, 1.807) is 23.1 Å². The van der Waals surface area contributed by atoms with E-state index in [1.165, 1.54) is 0 Å². The zero-order chi connectivity index (χ0) is 11.0. The highest BCUT2D eigenvalue weighted by atomic mass is 16.3. The highest BCUT2D eigenvalue weighted by Gasteiger charge is 2.10. The summed E-state index contributed by atoms with van der Waals surface area (Å²) in [5, 5.41) is 14.4. The second-order valence-electron chi connectivity index (χ2n) is 3.78. The van der Waals surface area contributed by atoms with E-state index in [-0.39, 0.29) is 11.8 Å². The van der Waals surface area contributed by atoms with E-state index in [0.29, 0.717) is 16.6 Å². The minimum Gasteiger partial charge on any atom is -0.507 e. The highest BCUT2D eigenvalue weighted by Crippen LogP contribution is 2.28. The van der Waals surface area contributed by atoms with Crippen LogP contribution in [0.4, 0.5) is 5.69 Å². The van der Waals surface area contributed by atoms with Gasteiger partial charge in [0.2, 0.25) is 0 Å². The van der Waals surface area contributed by atoms with E-state index < -0.39 is 0 Å². The molecule has 80 valence electrons. The van der Waals surface area contributed by atoms with Crippen molar-refractivity contribution in [1.29, 1.82) is 0 Å². The molecule has 0 atom stereocenters. The quantitative estimate of drug-likeness (QED) is 0.511. The normalized spacial score (nSPS) is 11.1. The lowest BCUT2D eigenvalue weighted by Crippen LogP contribution is -2.23. The van der Waals surface area contributed by atoms with Crippen molar-refractivity contribution < 1.29 is 5.11 Å². The van der Waals surface area contributed by atoms with Crippen LogP contribution in [0.5, 0.6) is 5.75 Å². The maximum atomic E-state index is 9.61. The predicted molar refractivity (Wildman–Crippen MR) is 60.3 cm³/mol. The lowest BCUT2D eigenvalue weighted by molar-refractivity contribution is 0.481. The van der Waals surface area contributed by atoms with Gasteiger partial charge in [0.15, 0.2) is 0 Å². The number of fused-ring (bicyclic) bond motifs is 1. The van der Waals surface area contributed by atoms with Crippen molar-refractivity contribution in [2.24, 2.45) is 0 Å². The van der Waals surface area contributed by atoms with Crippen LogP contribution in [0.1, 0.15) is 13.8 Å². The van der Waals surface area contributed by atoms with Gasteiger partial charge in [-0.2, -0.15) is 9.89 Å². The minimum atomic E-state index is 0.191. The molecule has 0 unspecified atom stereocenters. The fourth-order valence-corrected chi connectivity index (χ4v) is 1.49. The summed E-state index contributed by atoms with van der Waals surface area (Å²) in [4.78, 5) is 1.59. The highest BCUT2D eigenvalue weighted by molar-refractivity contribution is 5.94. The summed E-state index contributed by atoms with van der Waals surface area (Å²) in [6.07, 6.45) is 1.59. The Morgan fingerprint density at radius 2 is 2.20 bits per heavy atom. The second kappa shape index (κ2) is 3.34. The largest absolute Gasteiger partial charge is 0.507 e. The molecule has 5 nitrogen and oxygen atoms in total. The van der Waals surface area contributed by atoms with Crippen LogP contribution in [-0.4, -0.2) is 21.0 Å². The molecule has 0 spiro atoms. The van der Waals surface area contributed by atoms with Gasteiger partial charge >= 0.3 is 0 Å². The van der Waals surface area contributed by atoms with Gasteiger partial charge in [0.1, 0.15) is 11.3 Å². The monoisotopic (exact) mass is 206 g/mol. The predicted octanol–water partition coefficient (Wildman–Crippen LogP) is 1.28. The Kier molecular flexibility index (Phi) is 2.15. The number of nitrogens with two attached hydrogens (primary N) is 1. The molecule has 0 saturated carbocycles. The third-order valence-electron chi connectivity index (χ3n) is 2.12. The molecule has 4 N–H and O–H groups in total. The Balaban J connectivity index is 2.62. The van der Waals surface area contributed by atoms with E-state index >= 15 is 0 Å². The summed E-state index contributed by atoms with van der Waals surface area (Å²) < 4.78 is 0. The second-order valence-corrected chi connectivity index (χ2v) is 3.78. The summed E-state index contributed by atoms with van der Waals surface area (Å²) in [5.74, 6) is 0.191. The van der Waals surface area contributed by atoms with Crippen LogP contribution < -0.4 is 11.2 Å². The summed E-state index contributed by atoms with van der Waals surface area (Å²) in [6, 6.07) is 3.48.